The van der Waals surface area contributed by atoms with Gasteiger partial charge in [-0.05, 0) is 48.9 Å². The van der Waals surface area contributed by atoms with E-state index in [0.29, 0.717) is 12.3 Å². The zero-order valence-electron chi connectivity index (χ0n) is 11.4. The first kappa shape index (κ1) is 14.8. The number of rotatable bonds is 8. The molecular weight excluding hydrogens is 261 g/mol. The summed E-state index contributed by atoms with van der Waals surface area (Å²) < 4.78 is 18.0. The van der Waals surface area contributed by atoms with Crippen LogP contribution in [0.1, 0.15) is 25.7 Å². The topological polar surface area (TPSA) is 58.6 Å². The van der Waals surface area contributed by atoms with Gasteiger partial charge in [0.2, 0.25) is 5.91 Å². The van der Waals surface area contributed by atoms with Gasteiger partial charge in [-0.1, -0.05) is 0 Å². The summed E-state index contributed by atoms with van der Waals surface area (Å²) in [7, 11) is 0. The molecular formula is C15H20FNO3. The van der Waals surface area contributed by atoms with Gasteiger partial charge in [0, 0.05) is 13.2 Å². The van der Waals surface area contributed by atoms with Crippen LogP contribution in [-0.2, 0) is 4.79 Å². The highest BCUT2D eigenvalue weighted by Crippen LogP contribution is 2.47. The second kappa shape index (κ2) is 6.70. The second-order valence-corrected chi connectivity index (χ2v) is 5.30. The zero-order chi connectivity index (χ0) is 14.4. The average molecular weight is 281 g/mol. The summed E-state index contributed by atoms with van der Waals surface area (Å²) in [6.45, 7) is 1.07. The molecule has 2 N–H and O–H groups in total. The SMILES string of the molecule is O=C(CCOc1ccc(F)cc1)NCC1(CCO)CC1. The molecule has 1 aromatic rings. The number of carbonyl (C=O) groups is 1. The highest BCUT2D eigenvalue weighted by Gasteiger charge is 2.41. The first-order valence-corrected chi connectivity index (χ1v) is 6.89. The van der Waals surface area contributed by atoms with Gasteiger partial charge in [-0.2, -0.15) is 0 Å². The van der Waals surface area contributed by atoms with E-state index in [2.05, 4.69) is 5.32 Å². The van der Waals surface area contributed by atoms with Crippen LogP contribution in [0, 0.1) is 11.2 Å². The Morgan fingerprint density at radius 2 is 2.05 bits per heavy atom. The van der Waals surface area contributed by atoms with Gasteiger partial charge in [0.1, 0.15) is 11.6 Å². The summed E-state index contributed by atoms with van der Waals surface area (Å²) in [6.07, 6.45) is 3.16. The number of carbonyl (C=O) groups excluding carboxylic acids is 1. The van der Waals surface area contributed by atoms with Crippen LogP contribution in [0.3, 0.4) is 0 Å². The summed E-state index contributed by atoms with van der Waals surface area (Å²) >= 11 is 0. The molecule has 0 atom stereocenters. The average Bonchev–Trinajstić information content (AvgIpc) is 3.20. The van der Waals surface area contributed by atoms with E-state index in [9.17, 15) is 9.18 Å². The van der Waals surface area contributed by atoms with Gasteiger partial charge < -0.3 is 15.2 Å². The number of hydrogen-bond acceptors (Lipinski definition) is 3. The Morgan fingerprint density at radius 3 is 2.65 bits per heavy atom. The fourth-order valence-corrected chi connectivity index (χ4v) is 2.10. The van der Waals surface area contributed by atoms with E-state index in [1.807, 2.05) is 0 Å². The maximum Gasteiger partial charge on any atom is 0.223 e. The zero-order valence-corrected chi connectivity index (χ0v) is 11.4. The van der Waals surface area contributed by atoms with Crippen LogP contribution in [0.25, 0.3) is 0 Å². The van der Waals surface area contributed by atoms with E-state index < -0.39 is 0 Å². The molecule has 1 aliphatic rings. The van der Waals surface area contributed by atoms with Gasteiger partial charge in [0.25, 0.3) is 0 Å². The van der Waals surface area contributed by atoms with Crippen molar-refractivity contribution in [1.29, 1.82) is 0 Å². The standard InChI is InChI=1S/C15H20FNO3/c16-12-1-3-13(4-2-12)20-10-5-14(19)17-11-15(6-7-15)8-9-18/h1-4,18H,5-11H2,(H,17,19). The van der Waals surface area contributed by atoms with Crippen LogP contribution in [0.5, 0.6) is 5.75 Å². The lowest BCUT2D eigenvalue weighted by Crippen LogP contribution is -2.31. The van der Waals surface area contributed by atoms with Gasteiger partial charge in [-0.3, -0.25) is 4.79 Å². The van der Waals surface area contributed by atoms with Crippen LogP contribution in [0.15, 0.2) is 24.3 Å². The third kappa shape index (κ3) is 4.49. The van der Waals surface area contributed by atoms with Crippen molar-refractivity contribution in [3.8, 4) is 5.75 Å². The smallest absolute Gasteiger partial charge is 0.223 e. The Balaban J connectivity index is 1.62. The summed E-state index contributed by atoms with van der Waals surface area (Å²) in [4.78, 5) is 11.7. The molecule has 0 saturated heterocycles. The van der Waals surface area contributed by atoms with E-state index in [4.69, 9.17) is 9.84 Å². The van der Waals surface area contributed by atoms with Gasteiger partial charge in [0.15, 0.2) is 0 Å². The third-order valence-corrected chi connectivity index (χ3v) is 3.67. The lowest BCUT2D eigenvalue weighted by atomic mass is 10.0. The van der Waals surface area contributed by atoms with Gasteiger partial charge >= 0.3 is 0 Å². The molecule has 0 spiro atoms. The molecule has 1 saturated carbocycles. The maximum absolute atomic E-state index is 12.7. The minimum Gasteiger partial charge on any atom is -0.493 e. The van der Waals surface area contributed by atoms with Crippen molar-refractivity contribution in [2.75, 3.05) is 19.8 Å². The lowest BCUT2D eigenvalue weighted by Gasteiger charge is -2.14. The minimum absolute atomic E-state index is 0.0590. The Bertz CT molecular complexity index is 443. The van der Waals surface area contributed by atoms with Crippen molar-refractivity contribution in [1.82, 2.24) is 5.32 Å². The number of ether oxygens (including phenoxy) is 1. The van der Waals surface area contributed by atoms with Crippen molar-refractivity contribution in [2.45, 2.75) is 25.7 Å². The number of aliphatic hydroxyl groups excluding tert-OH is 1. The van der Waals surface area contributed by atoms with Crippen LogP contribution in [-0.4, -0.2) is 30.8 Å². The molecule has 0 bridgehead atoms. The normalized spacial score (nSPS) is 15.7. The van der Waals surface area contributed by atoms with Crippen LogP contribution >= 0.6 is 0 Å². The second-order valence-electron chi connectivity index (χ2n) is 5.30. The molecule has 0 aromatic heterocycles. The Hall–Kier alpha value is -1.62. The lowest BCUT2D eigenvalue weighted by molar-refractivity contribution is -0.121. The van der Waals surface area contributed by atoms with E-state index in [1.165, 1.54) is 24.3 Å². The minimum atomic E-state index is -0.311. The summed E-state index contributed by atoms with van der Waals surface area (Å²) in [5.41, 5.74) is 0.127. The predicted octanol–water partition coefficient (Wildman–Crippen LogP) is 1.87. The Labute approximate surface area is 117 Å². The Morgan fingerprint density at radius 1 is 1.35 bits per heavy atom. The number of aliphatic hydroxyl groups is 1. The van der Waals surface area contributed by atoms with Crippen LogP contribution in [0.2, 0.25) is 0 Å². The number of nitrogens with one attached hydrogen (secondary N) is 1. The van der Waals surface area contributed by atoms with E-state index in [-0.39, 0.29) is 36.8 Å². The van der Waals surface area contributed by atoms with Crippen LogP contribution < -0.4 is 10.1 Å². The molecule has 0 unspecified atom stereocenters. The quantitative estimate of drug-likeness (QED) is 0.765. The highest BCUT2D eigenvalue weighted by molar-refractivity contribution is 5.76. The maximum atomic E-state index is 12.7. The monoisotopic (exact) mass is 281 g/mol. The molecule has 0 aliphatic heterocycles. The molecule has 1 fully saturated rings. The summed E-state index contributed by atoms with van der Waals surface area (Å²) in [6, 6.07) is 5.71. The third-order valence-electron chi connectivity index (χ3n) is 3.67. The first-order chi connectivity index (χ1) is 9.63. The number of halogens is 1. The molecule has 1 aromatic carbocycles. The van der Waals surface area contributed by atoms with Crippen molar-refractivity contribution < 1.29 is 19.0 Å². The number of amides is 1. The molecule has 1 aliphatic carbocycles. The van der Waals surface area contributed by atoms with E-state index in [1.54, 1.807) is 0 Å². The molecule has 0 heterocycles. The molecule has 110 valence electrons. The summed E-state index contributed by atoms with van der Waals surface area (Å²) in [5.74, 6) is 0.183. The van der Waals surface area contributed by atoms with Gasteiger partial charge in [0.05, 0.1) is 13.0 Å². The highest BCUT2D eigenvalue weighted by atomic mass is 19.1. The molecule has 0 radical (unpaired) electrons. The van der Waals surface area contributed by atoms with E-state index >= 15 is 0 Å². The van der Waals surface area contributed by atoms with Crippen molar-refractivity contribution in [3.05, 3.63) is 30.1 Å². The van der Waals surface area contributed by atoms with Gasteiger partial charge in [-0.15, -0.1) is 0 Å². The largest absolute Gasteiger partial charge is 0.493 e. The molecule has 5 heteroatoms. The van der Waals surface area contributed by atoms with Crippen molar-refractivity contribution in [2.24, 2.45) is 5.41 Å². The molecule has 4 nitrogen and oxygen atoms in total. The van der Waals surface area contributed by atoms with Crippen molar-refractivity contribution in [3.63, 3.8) is 0 Å². The number of hydrogen-bond donors (Lipinski definition) is 2. The Kier molecular flexibility index (Phi) is 4.95. The number of benzene rings is 1. The molecule has 1 amide bonds. The van der Waals surface area contributed by atoms with Crippen molar-refractivity contribution >= 4 is 5.91 Å². The molecule has 20 heavy (non-hydrogen) atoms. The van der Waals surface area contributed by atoms with Crippen LogP contribution in [0.4, 0.5) is 4.39 Å². The first-order valence-electron chi connectivity index (χ1n) is 6.89. The summed E-state index contributed by atoms with van der Waals surface area (Å²) in [5, 5.41) is 11.8. The fourth-order valence-electron chi connectivity index (χ4n) is 2.10. The fraction of sp³-hybridized carbons (Fsp3) is 0.533. The predicted molar refractivity (Wildman–Crippen MR) is 72.9 cm³/mol. The molecule has 2 rings (SSSR count). The van der Waals surface area contributed by atoms with Gasteiger partial charge in [-0.25, -0.2) is 4.39 Å². The van der Waals surface area contributed by atoms with E-state index in [0.717, 1.165) is 19.3 Å².